The second-order valence-electron chi connectivity index (χ2n) is 1.89. The van der Waals surface area contributed by atoms with E-state index in [2.05, 4.69) is 19.1 Å². The van der Waals surface area contributed by atoms with Crippen molar-refractivity contribution in [3.05, 3.63) is 35.4 Å². The molecule has 0 amide bonds. The van der Waals surface area contributed by atoms with E-state index in [1.807, 2.05) is 40.7 Å². The second kappa shape index (κ2) is 22.9. The van der Waals surface area contributed by atoms with Gasteiger partial charge in [-0.1, -0.05) is 76.1 Å². The number of hydrogen-bond donors (Lipinski definition) is 0. The molecule has 0 rings (SSSR count). The first-order valence-corrected chi connectivity index (χ1v) is 5.87. The van der Waals surface area contributed by atoms with Crippen LogP contribution in [-0.2, 0) is 0 Å². The zero-order valence-corrected chi connectivity index (χ0v) is 11.2. The molecule has 0 fully saturated rings. The Balaban J connectivity index is -0.000000266. The lowest BCUT2D eigenvalue weighted by molar-refractivity contribution is 1.14. The van der Waals surface area contributed by atoms with Gasteiger partial charge < -0.3 is 0 Å². The van der Waals surface area contributed by atoms with Gasteiger partial charge in [0.25, 0.3) is 0 Å². The lowest BCUT2D eigenvalue weighted by Gasteiger charge is -1.90. The van der Waals surface area contributed by atoms with Crippen LogP contribution in [-0.4, -0.2) is 0 Å². The van der Waals surface area contributed by atoms with Crippen LogP contribution in [0.2, 0.25) is 0 Å². The molecule has 0 saturated carbocycles. The van der Waals surface area contributed by atoms with Gasteiger partial charge >= 0.3 is 0 Å². The Morgan fingerprint density at radius 2 is 1.57 bits per heavy atom. The quantitative estimate of drug-likeness (QED) is 0.531. The van der Waals surface area contributed by atoms with Gasteiger partial charge in [-0.05, 0) is 13.3 Å². The summed E-state index contributed by atoms with van der Waals surface area (Å²) in [4.78, 5) is 0. The number of hydrogen-bond acceptors (Lipinski definition) is 0. The van der Waals surface area contributed by atoms with Gasteiger partial charge in [0, 0.05) is 5.54 Å². The third-order valence-corrected chi connectivity index (χ3v) is 1.42. The molecule has 0 aliphatic heterocycles. The Kier molecular flexibility index (Phi) is 31.3. The summed E-state index contributed by atoms with van der Waals surface area (Å²) in [6, 6.07) is 0. The molecule has 0 spiro atoms. The highest BCUT2D eigenvalue weighted by Gasteiger charge is 1.80. The van der Waals surface area contributed by atoms with Crippen molar-refractivity contribution in [1.82, 2.24) is 0 Å². The Morgan fingerprint density at radius 1 is 1.07 bits per heavy atom. The van der Waals surface area contributed by atoms with Crippen molar-refractivity contribution in [1.29, 1.82) is 0 Å². The molecule has 0 radical (unpaired) electrons. The molecule has 0 aromatic heterocycles. The van der Waals surface area contributed by atoms with Crippen LogP contribution in [0.25, 0.3) is 0 Å². The standard InChI is InChI=1S/C9H13Cl.2C2H6/c1-3-9(4-2)7-5-6-8-10;2*1-2/h3,5-8H,4H2,1-2H3;2*1-2H3/b7-5-,8-6+,9-3-;;. The van der Waals surface area contributed by atoms with Crippen molar-refractivity contribution >= 4 is 11.6 Å². The van der Waals surface area contributed by atoms with Crippen molar-refractivity contribution in [3.63, 3.8) is 0 Å². The number of halogens is 1. The minimum Gasteiger partial charge on any atom is -0.0930 e. The fraction of sp³-hybridized carbons (Fsp3) is 0.538. The van der Waals surface area contributed by atoms with Gasteiger partial charge in [-0.25, -0.2) is 0 Å². The predicted octanol–water partition coefficient (Wildman–Crippen LogP) is 5.70. The van der Waals surface area contributed by atoms with Crippen LogP contribution in [0.3, 0.4) is 0 Å². The van der Waals surface area contributed by atoms with E-state index in [1.165, 1.54) is 11.1 Å². The first kappa shape index (κ1) is 19.1. The lowest BCUT2D eigenvalue weighted by atomic mass is 10.2. The third-order valence-electron chi connectivity index (χ3n) is 1.27. The molecule has 1 heteroatoms. The van der Waals surface area contributed by atoms with Crippen LogP contribution in [0.5, 0.6) is 0 Å². The Labute approximate surface area is 95.4 Å². The molecule has 0 aliphatic rings. The van der Waals surface area contributed by atoms with Crippen molar-refractivity contribution in [3.8, 4) is 0 Å². The van der Waals surface area contributed by atoms with Gasteiger partial charge in [0.2, 0.25) is 0 Å². The average Bonchev–Trinajstić information content (AvgIpc) is 2.30. The highest BCUT2D eigenvalue weighted by molar-refractivity contribution is 6.25. The molecule has 14 heavy (non-hydrogen) atoms. The molecule has 0 saturated heterocycles. The predicted molar refractivity (Wildman–Crippen MR) is 70.9 cm³/mol. The lowest BCUT2D eigenvalue weighted by Crippen LogP contribution is -1.70. The summed E-state index contributed by atoms with van der Waals surface area (Å²) in [5.74, 6) is 0. The first-order chi connectivity index (χ1) is 6.85. The highest BCUT2D eigenvalue weighted by atomic mass is 35.5. The molecule has 0 nitrogen and oxygen atoms in total. The average molecular weight is 217 g/mol. The molecule has 0 atom stereocenters. The van der Waals surface area contributed by atoms with E-state index in [0.717, 1.165) is 6.42 Å². The maximum absolute atomic E-state index is 5.32. The minimum absolute atomic E-state index is 1.07. The normalized spacial score (nSPS) is 10.6. The van der Waals surface area contributed by atoms with E-state index in [4.69, 9.17) is 11.6 Å². The van der Waals surface area contributed by atoms with E-state index < -0.39 is 0 Å². The van der Waals surface area contributed by atoms with Gasteiger partial charge in [0.15, 0.2) is 0 Å². The van der Waals surface area contributed by atoms with Gasteiger partial charge in [-0.15, -0.1) is 0 Å². The number of allylic oxidation sites excluding steroid dienone is 5. The van der Waals surface area contributed by atoms with Gasteiger partial charge in [0.1, 0.15) is 0 Å². The first-order valence-electron chi connectivity index (χ1n) is 5.43. The van der Waals surface area contributed by atoms with Crippen LogP contribution in [0.15, 0.2) is 35.4 Å². The topological polar surface area (TPSA) is 0 Å². The SMILES string of the molecule is CC.CC.C\C=C(/C=C\C=C\Cl)CC. The van der Waals surface area contributed by atoms with Crippen molar-refractivity contribution in [2.75, 3.05) is 0 Å². The zero-order valence-electron chi connectivity index (χ0n) is 10.5. The van der Waals surface area contributed by atoms with Crippen molar-refractivity contribution < 1.29 is 0 Å². The molecule has 0 aliphatic carbocycles. The van der Waals surface area contributed by atoms with E-state index in [-0.39, 0.29) is 0 Å². The molecule has 84 valence electrons. The zero-order chi connectivity index (χ0) is 11.8. The molecule has 0 aromatic rings. The maximum atomic E-state index is 5.32. The molecular formula is C13H25Cl. The van der Waals surface area contributed by atoms with Crippen molar-refractivity contribution in [2.45, 2.75) is 48.0 Å². The molecule has 0 bridgehead atoms. The molecule has 0 heterocycles. The fourth-order valence-electron chi connectivity index (χ4n) is 0.639. The summed E-state index contributed by atoms with van der Waals surface area (Å²) in [6.45, 7) is 12.2. The maximum Gasteiger partial charge on any atom is 0.00424 e. The van der Waals surface area contributed by atoms with Crippen LogP contribution in [0.4, 0.5) is 0 Å². The third kappa shape index (κ3) is 17.6. The van der Waals surface area contributed by atoms with E-state index in [1.54, 1.807) is 6.08 Å². The Bertz CT molecular complexity index is 153. The minimum atomic E-state index is 1.07. The van der Waals surface area contributed by atoms with Crippen LogP contribution in [0, 0.1) is 0 Å². The largest absolute Gasteiger partial charge is 0.0930 e. The number of rotatable bonds is 3. The highest BCUT2D eigenvalue weighted by Crippen LogP contribution is 2.01. The fourth-order valence-corrected chi connectivity index (χ4v) is 0.723. The smallest absolute Gasteiger partial charge is 0.00424 e. The molecule has 0 aromatic carbocycles. The monoisotopic (exact) mass is 216 g/mol. The van der Waals surface area contributed by atoms with Crippen LogP contribution in [0.1, 0.15) is 48.0 Å². The van der Waals surface area contributed by atoms with Gasteiger partial charge in [-0.3, -0.25) is 0 Å². The summed E-state index contributed by atoms with van der Waals surface area (Å²) in [5.41, 5.74) is 2.83. The summed E-state index contributed by atoms with van der Waals surface area (Å²) in [5, 5.41) is 0. The van der Waals surface area contributed by atoms with Gasteiger partial charge in [-0.2, -0.15) is 0 Å². The van der Waals surface area contributed by atoms with Crippen molar-refractivity contribution in [2.24, 2.45) is 0 Å². The van der Waals surface area contributed by atoms with Gasteiger partial charge in [0.05, 0.1) is 0 Å². The van der Waals surface area contributed by atoms with E-state index in [0.29, 0.717) is 0 Å². The Morgan fingerprint density at radius 3 is 1.86 bits per heavy atom. The molecule has 0 N–H and O–H groups in total. The summed E-state index contributed by atoms with van der Waals surface area (Å²) >= 11 is 5.32. The second-order valence-corrected chi connectivity index (χ2v) is 2.15. The van der Waals surface area contributed by atoms with E-state index in [9.17, 15) is 0 Å². The van der Waals surface area contributed by atoms with Crippen LogP contribution >= 0.6 is 11.6 Å². The van der Waals surface area contributed by atoms with E-state index >= 15 is 0 Å². The molecular weight excluding hydrogens is 192 g/mol. The Hall–Kier alpha value is -0.490. The summed E-state index contributed by atoms with van der Waals surface area (Å²) < 4.78 is 0. The van der Waals surface area contributed by atoms with Crippen LogP contribution < -0.4 is 0 Å². The summed E-state index contributed by atoms with van der Waals surface area (Å²) in [6.07, 6.45) is 8.97. The molecule has 0 unspecified atom stereocenters. The summed E-state index contributed by atoms with van der Waals surface area (Å²) in [7, 11) is 0.